The summed E-state index contributed by atoms with van der Waals surface area (Å²) < 4.78 is 41.5. The Morgan fingerprint density at radius 2 is 1.78 bits per heavy atom. The zero-order valence-corrected chi connectivity index (χ0v) is 19.0. The molecule has 0 saturated heterocycles. The molecule has 0 fully saturated rings. The second kappa shape index (κ2) is 9.49. The number of carbonyl (C=O) groups excluding carboxylic acids is 2. The topological polar surface area (TPSA) is 120 Å². The molecule has 32 heavy (non-hydrogen) atoms. The van der Waals surface area contributed by atoms with Gasteiger partial charge in [-0.25, -0.2) is 18.0 Å². The normalized spacial score (nSPS) is 16.1. The van der Waals surface area contributed by atoms with E-state index in [1.807, 2.05) is 0 Å². The summed E-state index contributed by atoms with van der Waals surface area (Å²) in [7, 11) is -0.0169. The van der Waals surface area contributed by atoms with Gasteiger partial charge in [0.2, 0.25) is 0 Å². The van der Waals surface area contributed by atoms with Crippen molar-refractivity contribution in [3.8, 4) is 11.5 Å². The quantitative estimate of drug-likeness (QED) is 0.584. The molecular weight excluding hydrogens is 460 g/mol. The van der Waals surface area contributed by atoms with Crippen molar-refractivity contribution in [3.63, 3.8) is 0 Å². The van der Waals surface area contributed by atoms with Gasteiger partial charge in [0.15, 0.2) is 21.3 Å². The molecule has 2 N–H and O–H groups in total. The number of rotatable bonds is 7. The molecule has 0 radical (unpaired) electrons. The molecule has 11 heteroatoms. The number of nitrogens with one attached hydrogen (secondary N) is 2. The van der Waals surface area contributed by atoms with Gasteiger partial charge >= 0.3 is 12.0 Å². The molecule has 0 aliphatic carbocycles. The monoisotopic (exact) mass is 480 g/mol. The maximum Gasteiger partial charge on any atom is 0.338 e. The molecule has 0 aromatic heterocycles. The van der Waals surface area contributed by atoms with Gasteiger partial charge in [-0.3, -0.25) is 0 Å². The van der Waals surface area contributed by atoms with Crippen molar-refractivity contribution in [2.75, 3.05) is 27.1 Å². The highest BCUT2D eigenvalue weighted by molar-refractivity contribution is 7.91. The average Bonchev–Trinajstić information content (AvgIpc) is 2.77. The third-order valence-electron chi connectivity index (χ3n) is 4.79. The Hall–Kier alpha value is -3.24. The molecule has 2 amide bonds. The fraction of sp³-hybridized carbons (Fsp3) is 0.238. The number of amides is 2. The molecular formula is C21H21ClN2O7S. The first-order valence-electron chi connectivity index (χ1n) is 9.29. The lowest BCUT2D eigenvalue weighted by atomic mass is 9.95. The highest BCUT2D eigenvalue weighted by Gasteiger charge is 2.35. The summed E-state index contributed by atoms with van der Waals surface area (Å²) >= 11 is 6.06. The molecule has 0 bridgehead atoms. The summed E-state index contributed by atoms with van der Waals surface area (Å²) in [6.45, 7) is 0. The van der Waals surface area contributed by atoms with Crippen molar-refractivity contribution < 1.29 is 32.2 Å². The largest absolute Gasteiger partial charge is 0.493 e. The predicted octanol–water partition coefficient (Wildman–Crippen LogP) is 2.61. The maximum atomic E-state index is 13.2. The first-order valence-corrected chi connectivity index (χ1v) is 11.3. The fourth-order valence-corrected chi connectivity index (χ4v) is 4.84. The van der Waals surface area contributed by atoms with Gasteiger partial charge in [0.1, 0.15) is 0 Å². The number of hydrogen-bond donors (Lipinski definition) is 2. The van der Waals surface area contributed by atoms with Gasteiger partial charge in [-0.1, -0.05) is 23.7 Å². The van der Waals surface area contributed by atoms with E-state index >= 15 is 0 Å². The summed E-state index contributed by atoms with van der Waals surface area (Å²) in [5.41, 5.74) is 0.354. The average molecular weight is 481 g/mol. The van der Waals surface area contributed by atoms with Gasteiger partial charge < -0.3 is 24.8 Å². The van der Waals surface area contributed by atoms with Crippen LogP contribution in [-0.4, -0.2) is 47.5 Å². The van der Waals surface area contributed by atoms with E-state index in [1.165, 1.54) is 39.5 Å². The number of ether oxygens (including phenoxy) is 3. The van der Waals surface area contributed by atoms with Crippen LogP contribution in [0, 0.1) is 0 Å². The lowest BCUT2D eigenvalue weighted by Crippen LogP contribution is -2.47. The van der Waals surface area contributed by atoms with Crippen molar-refractivity contribution in [2.24, 2.45) is 0 Å². The van der Waals surface area contributed by atoms with Crippen LogP contribution in [0.2, 0.25) is 5.02 Å². The summed E-state index contributed by atoms with van der Waals surface area (Å²) in [6, 6.07) is 9.02. The molecule has 1 heterocycles. The Bertz CT molecular complexity index is 1190. The van der Waals surface area contributed by atoms with Gasteiger partial charge in [-0.05, 0) is 29.8 Å². The Kier molecular flexibility index (Phi) is 6.95. The molecule has 2 aromatic rings. The van der Waals surface area contributed by atoms with Crippen molar-refractivity contribution in [1.29, 1.82) is 0 Å². The van der Waals surface area contributed by atoms with E-state index in [1.54, 1.807) is 24.3 Å². The van der Waals surface area contributed by atoms with E-state index in [0.29, 0.717) is 16.3 Å². The summed E-state index contributed by atoms with van der Waals surface area (Å²) in [5.74, 6) is -0.865. The van der Waals surface area contributed by atoms with Gasteiger partial charge in [-0.2, -0.15) is 0 Å². The van der Waals surface area contributed by atoms with E-state index in [0.717, 1.165) is 0 Å². The molecule has 0 saturated carbocycles. The fourth-order valence-electron chi connectivity index (χ4n) is 3.30. The van der Waals surface area contributed by atoms with E-state index in [4.69, 9.17) is 25.8 Å². The van der Waals surface area contributed by atoms with Crippen LogP contribution in [0.4, 0.5) is 4.79 Å². The van der Waals surface area contributed by atoms with E-state index in [9.17, 15) is 18.0 Å². The molecule has 9 nitrogen and oxygen atoms in total. The van der Waals surface area contributed by atoms with Crippen LogP contribution in [-0.2, 0) is 19.4 Å². The van der Waals surface area contributed by atoms with Crippen molar-refractivity contribution >= 4 is 33.4 Å². The molecule has 0 spiro atoms. The van der Waals surface area contributed by atoms with Crippen LogP contribution >= 0.6 is 11.6 Å². The number of methoxy groups -OCH3 is 3. The van der Waals surface area contributed by atoms with Gasteiger partial charge in [-0.15, -0.1) is 0 Å². The molecule has 1 aliphatic heterocycles. The van der Waals surface area contributed by atoms with Crippen LogP contribution in [0.3, 0.4) is 0 Å². The van der Waals surface area contributed by atoms with Crippen molar-refractivity contribution in [3.05, 3.63) is 64.3 Å². The molecule has 1 aliphatic rings. The third kappa shape index (κ3) is 4.81. The van der Waals surface area contributed by atoms with Crippen LogP contribution in [0.25, 0.3) is 0 Å². The predicted molar refractivity (Wildman–Crippen MR) is 117 cm³/mol. The number of esters is 1. The zero-order valence-electron chi connectivity index (χ0n) is 17.5. The smallest absolute Gasteiger partial charge is 0.338 e. The SMILES string of the molecule is COC(=O)C1=C(CS(=O)(=O)c2ccc(OC)c(OC)c2)NC(=O)N[C@H]1c1cccc(Cl)c1. The lowest BCUT2D eigenvalue weighted by Gasteiger charge is -2.29. The molecule has 2 aromatic carbocycles. The van der Waals surface area contributed by atoms with E-state index < -0.39 is 33.6 Å². The van der Waals surface area contributed by atoms with Crippen LogP contribution in [0.1, 0.15) is 11.6 Å². The summed E-state index contributed by atoms with van der Waals surface area (Å²) in [6.07, 6.45) is 0. The minimum atomic E-state index is -4.00. The van der Waals surface area contributed by atoms with Crippen LogP contribution in [0.15, 0.2) is 58.6 Å². The number of carbonyl (C=O) groups is 2. The minimum absolute atomic E-state index is 0.0431. The Labute approximate surface area is 190 Å². The number of urea groups is 1. The number of sulfone groups is 1. The van der Waals surface area contributed by atoms with E-state index in [-0.39, 0.29) is 21.9 Å². The van der Waals surface area contributed by atoms with Crippen LogP contribution in [0.5, 0.6) is 11.5 Å². The molecule has 1 atom stereocenters. The zero-order chi connectivity index (χ0) is 23.5. The lowest BCUT2D eigenvalue weighted by molar-refractivity contribution is -0.136. The standard InChI is InChI=1S/C21H21ClN2O7S/c1-29-16-8-7-14(10-17(16)30-2)32(27,28)11-15-18(20(25)31-3)19(24-21(26)23-15)12-5-4-6-13(22)9-12/h4-10,19H,11H2,1-3H3,(H2,23,24,26)/t19-/m0/s1. The molecule has 3 rings (SSSR count). The maximum absolute atomic E-state index is 13.2. The number of halogens is 1. The van der Waals surface area contributed by atoms with Crippen molar-refractivity contribution in [1.82, 2.24) is 10.6 Å². The van der Waals surface area contributed by atoms with Gasteiger partial charge in [0.05, 0.1) is 43.6 Å². The molecule has 0 unspecified atom stereocenters. The third-order valence-corrected chi connectivity index (χ3v) is 6.67. The molecule has 170 valence electrons. The Morgan fingerprint density at radius 3 is 2.41 bits per heavy atom. The number of hydrogen-bond acceptors (Lipinski definition) is 7. The minimum Gasteiger partial charge on any atom is -0.493 e. The van der Waals surface area contributed by atoms with Crippen LogP contribution < -0.4 is 20.1 Å². The summed E-state index contributed by atoms with van der Waals surface area (Å²) in [5, 5.41) is 5.44. The number of benzene rings is 2. The Morgan fingerprint density at radius 1 is 1.06 bits per heavy atom. The van der Waals surface area contributed by atoms with Gasteiger partial charge in [0, 0.05) is 16.8 Å². The first kappa shape index (κ1) is 23.4. The van der Waals surface area contributed by atoms with E-state index in [2.05, 4.69) is 10.6 Å². The van der Waals surface area contributed by atoms with Gasteiger partial charge in [0.25, 0.3) is 0 Å². The highest BCUT2D eigenvalue weighted by Crippen LogP contribution is 2.33. The Balaban J connectivity index is 2.09. The van der Waals surface area contributed by atoms with Crippen molar-refractivity contribution in [2.45, 2.75) is 10.9 Å². The highest BCUT2D eigenvalue weighted by atomic mass is 35.5. The second-order valence-electron chi connectivity index (χ2n) is 6.75. The first-order chi connectivity index (χ1) is 15.2. The second-order valence-corrected chi connectivity index (χ2v) is 9.17. The summed E-state index contributed by atoms with van der Waals surface area (Å²) in [4.78, 5) is 24.9.